The van der Waals surface area contributed by atoms with Gasteiger partial charge in [-0.1, -0.05) is 45.0 Å². The Morgan fingerprint density at radius 3 is 2.30 bits per heavy atom. The second-order valence-corrected chi connectivity index (χ2v) is 8.23. The Balaban J connectivity index is 2.12. The van der Waals surface area contributed by atoms with E-state index in [-0.39, 0.29) is 30.4 Å². The second kappa shape index (κ2) is 10.1. The number of carbonyl (C=O) groups is 2. The van der Waals surface area contributed by atoms with Crippen LogP contribution in [-0.2, 0) is 21.5 Å². The van der Waals surface area contributed by atoms with Crippen LogP contribution < -0.4 is 14.8 Å². The first-order chi connectivity index (χ1) is 14.2. The van der Waals surface area contributed by atoms with Gasteiger partial charge in [0.05, 0.1) is 7.11 Å². The largest absolute Gasteiger partial charge is 0.497 e. The maximum atomic E-state index is 13.0. The number of hydrogen-bond acceptors (Lipinski definition) is 4. The number of benzene rings is 2. The monoisotopic (exact) mass is 412 g/mol. The Labute approximate surface area is 179 Å². The van der Waals surface area contributed by atoms with E-state index in [0.717, 1.165) is 5.56 Å². The fourth-order valence-corrected chi connectivity index (χ4v) is 3.04. The standard InChI is InChI=1S/C24H32N2O4/c1-17(23(28)25-5)26(15-18-8-7-9-21(14-18)29-6)22(27)16-30-20-12-10-19(11-13-20)24(2,3)4/h7-14,17H,15-16H2,1-6H3,(H,25,28)/t17-/m0/s1. The van der Waals surface area contributed by atoms with Crippen LogP contribution in [0.1, 0.15) is 38.8 Å². The average molecular weight is 413 g/mol. The molecule has 0 saturated carbocycles. The maximum absolute atomic E-state index is 13.0. The molecule has 2 aromatic carbocycles. The van der Waals surface area contributed by atoms with Gasteiger partial charge in [-0.15, -0.1) is 0 Å². The third-order valence-corrected chi connectivity index (χ3v) is 4.98. The molecule has 6 nitrogen and oxygen atoms in total. The first kappa shape index (κ1) is 23.3. The van der Waals surface area contributed by atoms with Gasteiger partial charge in [0.1, 0.15) is 17.5 Å². The minimum atomic E-state index is -0.638. The second-order valence-electron chi connectivity index (χ2n) is 8.23. The van der Waals surface area contributed by atoms with Crippen molar-refractivity contribution < 1.29 is 19.1 Å². The molecule has 2 amide bonds. The van der Waals surface area contributed by atoms with Gasteiger partial charge in [0.2, 0.25) is 5.91 Å². The lowest BCUT2D eigenvalue weighted by Gasteiger charge is -2.28. The van der Waals surface area contributed by atoms with Crippen LogP contribution in [0.5, 0.6) is 11.5 Å². The molecular formula is C24H32N2O4. The lowest BCUT2D eigenvalue weighted by atomic mass is 9.87. The molecule has 1 atom stereocenters. The molecule has 6 heteroatoms. The SMILES string of the molecule is CNC(=O)[C@H](C)N(Cc1cccc(OC)c1)C(=O)COc1ccc(C(C)(C)C)cc1. The molecule has 2 rings (SSSR count). The van der Waals surface area contributed by atoms with E-state index in [9.17, 15) is 9.59 Å². The van der Waals surface area contributed by atoms with E-state index in [0.29, 0.717) is 11.5 Å². The summed E-state index contributed by atoms with van der Waals surface area (Å²) in [5.41, 5.74) is 2.10. The molecule has 0 radical (unpaired) electrons. The van der Waals surface area contributed by atoms with Crippen molar-refractivity contribution in [1.29, 1.82) is 0 Å². The molecule has 2 aromatic rings. The van der Waals surface area contributed by atoms with Gasteiger partial charge in [-0.2, -0.15) is 0 Å². The molecule has 30 heavy (non-hydrogen) atoms. The number of hydrogen-bond donors (Lipinski definition) is 1. The summed E-state index contributed by atoms with van der Waals surface area (Å²) in [6.45, 7) is 8.25. The van der Waals surface area contributed by atoms with Crippen molar-refractivity contribution >= 4 is 11.8 Å². The number of likely N-dealkylation sites (N-methyl/N-ethyl adjacent to an activating group) is 1. The number of carbonyl (C=O) groups excluding carboxylic acids is 2. The fourth-order valence-electron chi connectivity index (χ4n) is 3.04. The number of amides is 2. The molecule has 0 unspecified atom stereocenters. The highest BCUT2D eigenvalue weighted by Crippen LogP contribution is 2.24. The topological polar surface area (TPSA) is 67.9 Å². The van der Waals surface area contributed by atoms with Gasteiger partial charge in [-0.25, -0.2) is 0 Å². The third-order valence-electron chi connectivity index (χ3n) is 4.98. The van der Waals surface area contributed by atoms with Crippen LogP contribution in [0.25, 0.3) is 0 Å². The van der Waals surface area contributed by atoms with Crippen molar-refractivity contribution in [3.05, 3.63) is 59.7 Å². The van der Waals surface area contributed by atoms with Gasteiger partial charge in [0.15, 0.2) is 6.61 Å². The van der Waals surface area contributed by atoms with Crippen molar-refractivity contribution in [1.82, 2.24) is 10.2 Å². The number of rotatable bonds is 8. The van der Waals surface area contributed by atoms with E-state index < -0.39 is 6.04 Å². The van der Waals surface area contributed by atoms with Crippen LogP contribution in [0.15, 0.2) is 48.5 Å². The zero-order valence-corrected chi connectivity index (χ0v) is 18.7. The first-order valence-electron chi connectivity index (χ1n) is 10.0. The van der Waals surface area contributed by atoms with Gasteiger partial charge in [-0.3, -0.25) is 9.59 Å². The van der Waals surface area contributed by atoms with Gasteiger partial charge in [0.25, 0.3) is 5.91 Å². The lowest BCUT2D eigenvalue weighted by molar-refractivity contribution is -0.142. The third kappa shape index (κ3) is 6.24. The highest BCUT2D eigenvalue weighted by atomic mass is 16.5. The van der Waals surface area contributed by atoms with Gasteiger partial charge in [-0.05, 0) is 47.7 Å². The predicted octanol–water partition coefficient (Wildman–Crippen LogP) is 3.53. The van der Waals surface area contributed by atoms with Crippen LogP contribution in [0.2, 0.25) is 0 Å². The summed E-state index contributed by atoms with van der Waals surface area (Å²) in [5.74, 6) is 0.808. The van der Waals surface area contributed by atoms with E-state index in [1.807, 2.05) is 48.5 Å². The number of nitrogens with one attached hydrogen (secondary N) is 1. The highest BCUT2D eigenvalue weighted by Gasteiger charge is 2.26. The number of nitrogens with zero attached hydrogens (tertiary/aromatic N) is 1. The summed E-state index contributed by atoms with van der Waals surface area (Å²) in [4.78, 5) is 26.7. The smallest absolute Gasteiger partial charge is 0.261 e. The molecular weight excluding hydrogens is 380 g/mol. The molecule has 0 aliphatic carbocycles. The number of methoxy groups -OCH3 is 1. The maximum Gasteiger partial charge on any atom is 0.261 e. The van der Waals surface area contributed by atoms with Gasteiger partial charge in [0, 0.05) is 13.6 Å². The molecule has 1 N–H and O–H groups in total. The average Bonchev–Trinajstić information content (AvgIpc) is 2.74. The highest BCUT2D eigenvalue weighted by molar-refractivity contribution is 5.87. The first-order valence-corrected chi connectivity index (χ1v) is 10.0. The number of ether oxygens (including phenoxy) is 2. The van der Waals surface area contributed by atoms with Crippen LogP contribution in [0.3, 0.4) is 0 Å². The molecule has 0 spiro atoms. The van der Waals surface area contributed by atoms with Crippen molar-refractivity contribution in [2.24, 2.45) is 0 Å². The zero-order valence-electron chi connectivity index (χ0n) is 18.7. The Hall–Kier alpha value is -3.02. The van der Waals surface area contributed by atoms with E-state index >= 15 is 0 Å². The normalized spacial score (nSPS) is 12.1. The molecule has 0 aliphatic heterocycles. The van der Waals surface area contributed by atoms with Crippen LogP contribution >= 0.6 is 0 Å². The Morgan fingerprint density at radius 2 is 1.73 bits per heavy atom. The van der Waals surface area contributed by atoms with Crippen LogP contribution in [0.4, 0.5) is 0 Å². The molecule has 0 saturated heterocycles. The molecule has 162 valence electrons. The minimum absolute atomic E-state index is 0.0465. The molecule has 0 heterocycles. The summed E-state index contributed by atoms with van der Waals surface area (Å²) in [5, 5.41) is 2.60. The van der Waals surface area contributed by atoms with Crippen LogP contribution in [0, 0.1) is 0 Å². The lowest BCUT2D eigenvalue weighted by Crippen LogP contribution is -2.48. The Bertz CT molecular complexity index is 856. The predicted molar refractivity (Wildman–Crippen MR) is 118 cm³/mol. The Morgan fingerprint density at radius 1 is 1.07 bits per heavy atom. The summed E-state index contributed by atoms with van der Waals surface area (Å²) in [6, 6.07) is 14.5. The van der Waals surface area contributed by atoms with Gasteiger partial charge >= 0.3 is 0 Å². The van der Waals surface area contributed by atoms with Crippen LogP contribution in [-0.4, -0.2) is 43.5 Å². The van der Waals surface area contributed by atoms with Crippen molar-refractivity contribution in [2.45, 2.75) is 45.7 Å². The molecule has 0 bridgehead atoms. The summed E-state index contributed by atoms with van der Waals surface area (Å²) >= 11 is 0. The fraction of sp³-hybridized carbons (Fsp3) is 0.417. The van der Waals surface area contributed by atoms with Crippen molar-refractivity contribution in [3.8, 4) is 11.5 Å². The van der Waals surface area contributed by atoms with E-state index in [1.165, 1.54) is 10.5 Å². The summed E-state index contributed by atoms with van der Waals surface area (Å²) < 4.78 is 11.0. The van der Waals surface area contributed by atoms with Gasteiger partial charge < -0.3 is 19.7 Å². The zero-order chi connectivity index (χ0) is 22.3. The van der Waals surface area contributed by atoms with E-state index in [1.54, 1.807) is 21.1 Å². The van der Waals surface area contributed by atoms with Crippen molar-refractivity contribution in [3.63, 3.8) is 0 Å². The minimum Gasteiger partial charge on any atom is -0.497 e. The van der Waals surface area contributed by atoms with E-state index in [2.05, 4.69) is 26.1 Å². The molecule has 0 aliphatic rings. The quantitative estimate of drug-likeness (QED) is 0.720. The molecule has 0 aromatic heterocycles. The van der Waals surface area contributed by atoms with Crippen molar-refractivity contribution in [2.75, 3.05) is 20.8 Å². The Kier molecular flexibility index (Phi) is 7.86. The van der Waals surface area contributed by atoms with E-state index in [4.69, 9.17) is 9.47 Å². The summed E-state index contributed by atoms with van der Waals surface area (Å²) in [7, 11) is 3.15. The molecule has 0 fully saturated rings. The summed E-state index contributed by atoms with van der Waals surface area (Å²) in [6.07, 6.45) is 0.